The largest absolute Gasteiger partial charge is 0.381 e. The predicted molar refractivity (Wildman–Crippen MR) is 101 cm³/mol. The van der Waals surface area contributed by atoms with Crippen molar-refractivity contribution >= 4 is 29.9 Å². The van der Waals surface area contributed by atoms with E-state index >= 15 is 0 Å². The fourth-order valence-corrected chi connectivity index (χ4v) is 1.71. The lowest BCUT2D eigenvalue weighted by Gasteiger charge is -2.10. The zero-order chi connectivity index (χ0) is 14.5. The lowest BCUT2D eigenvalue weighted by atomic mass is 10.2. The van der Waals surface area contributed by atoms with Gasteiger partial charge in [-0.1, -0.05) is 36.4 Å². The fourth-order valence-electron chi connectivity index (χ4n) is 1.71. The van der Waals surface area contributed by atoms with Gasteiger partial charge in [0.25, 0.3) is 0 Å². The van der Waals surface area contributed by atoms with Gasteiger partial charge in [-0.25, -0.2) is 0 Å². The molecule has 1 rings (SSSR count). The molecule has 0 aliphatic rings. The molecule has 4 nitrogen and oxygen atoms in total. The molecular weight excluding hydrogens is 377 g/mol. The predicted octanol–water partition coefficient (Wildman–Crippen LogP) is 2.60. The van der Waals surface area contributed by atoms with E-state index in [4.69, 9.17) is 4.74 Å². The van der Waals surface area contributed by atoms with Crippen molar-refractivity contribution in [3.05, 3.63) is 48.6 Å². The Morgan fingerprint density at radius 3 is 2.67 bits per heavy atom. The highest BCUT2D eigenvalue weighted by molar-refractivity contribution is 14.0. The third kappa shape index (κ3) is 10.3. The molecule has 2 N–H and O–H groups in total. The zero-order valence-corrected chi connectivity index (χ0v) is 15.0. The molecule has 5 heteroatoms. The van der Waals surface area contributed by atoms with Gasteiger partial charge in [-0.2, -0.15) is 0 Å². The molecule has 0 saturated heterocycles. The summed E-state index contributed by atoms with van der Waals surface area (Å²) in [5.74, 6) is 0.800. The van der Waals surface area contributed by atoms with Crippen molar-refractivity contribution in [3.63, 3.8) is 0 Å². The highest BCUT2D eigenvalue weighted by atomic mass is 127. The van der Waals surface area contributed by atoms with Gasteiger partial charge in [-0.3, -0.25) is 4.99 Å². The summed E-state index contributed by atoms with van der Waals surface area (Å²) < 4.78 is 5.62. The molecule has 0 saturated carbocycles. The van der Waals surface area contributed by atoms with Crippen LogP contribution >= 0.6 is 24.0 Å². The summed E-state index contributed by atoms with van der Waals surface area (Å²) >= 11 is 0. The third-order valence-electron chi connectivity index (χ3n) is 2.77. The summed E-state index contributed by atoms with van der Waals surface area (Å²) in [7, 11) is 1.76. The van der Waals surface area contributed by atoms with Crippen LogP contribution in [0.1, 0.15) is 12.0 Å². The molecule has 0 amide bonds. The van der Waals surface area contributed by atoms with E-state index in [0.29, 0.717) is 6.54 Å². The lowest BCUT2D eigenvalue weighted by molar-refractivity contribution is 0.135. The third-order valence-corrected chi connectivity index (χ3v) is 2.77. The van der Waals surface area contributed by atoms with Crippen LogP contribution in [-0.4, -0.2) is 39.3 Å². The maximum absolute atomic E-state index is 5.62. The number of halogens is 1. The molecule has 21 heavy (non-hydrogen) atoms. The SMILES string of the molecule is C=CCNC(=NC)NCCCOCCc1ccccc1.I. The second kappa shape index (κ2) is 13.9. The highest BCUT2D eigenvalue weighted by Gasteiger charge is 1.95. The second-order valence-corrected chi connectivity index (χ2v) is 4.37. The van der Waals surface area contributed by atoms with E-state index in [9.17, 15) is 0 Å². The molecule has 0 aliphatic heterocycles. The van der Waals surface area contributed by atoms with Gasteiger partial charge in [0.15, 0.2) is 5.96 Å². The van der Waals surface area contributed by atoms with Gasteiger partial charge in [0.2, 0.25) is 0 Å². The first-order valence-electron chi connectivity index (χ1n) is 7.04. The minimum Gasteiger partial charge on any atom is -0.381 e. The van der Waals surface area contributed by atoms with Gasteiger partial charge < -0.3 is 15.4 Å². The van der Waals surface area contributed by atoms with Gasteiger partial charge in [0.1, 0.15) is 0 Å². The Bertz CT molecular complexity index is 396. The van der Waals surface area contributed by atoms with Gasteiger partial charge in [0.05, 0.1) is 6.61 Å². The first-order valence-corrected chi connectivity index (χ1v) is 7.04. The standard InChI is InChI=1S/C16H25N3O.HI/c1-3-11-18-16(17-2)19-12-7-13-20-14-10-15-8-5-4-6-9-15;/h3-6,8-9H,1,7,10-14H2,2H3,(H2,17,18,19);1H. The Morgan fingerprint density at radius 2 is 2.00 bits per heavy atom. The van der Waals surface area contributed by atoms with Crippen LogP contribution in [0, 0.1) is 0 Å². The molecule has 1 aromatic rings. The van der Waals surface area contributed by atoms with E-state index < -0.39 is 0 Å². The van der Waals surface area contributed by atoms with E-state index in [1.165, 1.54) is 5.56 Å². The minimum atomic E-state index is 0. The zero-order valence-electron chi connectivity index (χ0n) is 12.7. The highest BCUT2D eigenvalue weighted by Crippen LogP contribution is 1.99. The van der Waals surface area contributed by atoms with Crippen molar-refractivity contribution in [2.45, 2.75) is 12.8 Å². The van der Waals surface area contributed by atoms with E-state index in [-0.39, 0.29) is 24.0 Å². The van der Waals surface area contributed by atoms with Gasteiger partial charge in [-0.05, 0) is 18.4 Å². The first-order chi connectivity index (χ1) is 9.86. The second-order valence-electron chi connectivity index (χ2n) is 4.37. The van der Waals surface area contributed by atoms with Gasteiger partial charge in [-0.15, -0.1) is 30.6 Å². The average Bonchev–Trinajstić information content (AvgIpc) is 2.50. The Balaban J connectivity index is 0.00000400. The van der Waals surface area contributed by atoms with E-state index in [0.717, 1.165) is 38.6 Å². The van der Waals surface area contributed by atoms with Crippen LogP contribution < -0.4 is 10.6 Å². The average molecular weight is 403 g/mol. The maximum atomic E-state index is 5.62. The molecule has 0 atom stereocenters. The molecule has 0 radical (unpaired) electrons. The van der Waals surface area contributed by atoms with Crippen molar-refractivity contribution in [1.29, 1.82) is 0 Å². The number of hydrogen-bond donors (Lipinski definition) is 2. The van der Waals surface area contributed by atoms with Crippen LogP contribution in [0.25, 0.3) is 0 Å². The van der Waals surface area contributed by atoms with E-state index in [2.05, 4.69) is 46.5 Å². The number of hydrogen-bond acceptors (Lipinski definition) is 2. The number of rotatable bonds is 9. The van der Waals surface area contributed by atoms with Crippen LogP contribution in [0.15, 0.2) is 48.0 Å². The minimum absolute atomic E-state index is 0. The van der Waals surface area contributed by atoms with Crippen molar-refractivity contribution in [1.82, 2.24) is 10.6 Å². The molecule has 1 aromatic carbocycles. The van der Waals surface area contributed by atoms with Crippen LogP contribution in [0.2, 0.25) is 0 Å². The first kappa shape index (κ1) is 19.9. The maximum Gasteiger partial charge on any atom is 0.191 e. The Hall–Kier alpha value is -1.08. The molecular formula is C16H26IN3O. The summed E-state index contributed by atoms with van der Waals surface area (Å²) in [5.41, 5.74) is 1.32. The van der Waals surface area contributed by atoms with E-state index in [1.54, 1.807) is 13.1 Å². The number of aliphatic imine (C=N–C) groups is 1. The molecule has 0 bridgehead atoms. The molecule has 0 unspecified atom stereocenters. The quantitative estimate of drug-likeness (QED) is 0.219. The Morgan fingerprint density at radius 1 is 1.24 bits per heavy atom. The summed E-state index contributed by atoms with van der Waals surface area (Å²) in [6.07, 6.45) is 3.74. The Kier molecular flexibility index (Phi) is 13.2. The monoisotopic (exact) mass is 403 g/mol. The number of nitrogens with zero attached hydrogens (tertiary/aromatic N) is 1. The summed E-state index contributed by atoms with van der Waals surface area (Å²) in [6.45, 7) is 6.76. The van der Waals surface area contributed by atoms with Crippen molar-refractivity contribution in [2.24, 2.45) is 4.99 Å². The number of benzene rings is 1. The summed E-state index contributed by atoms with van der Waals surface area (Å²) in [5, 5.41) is 6.35. The molecule has 0 fully saturated rings. The summed E-state index contributed by atoms with van der Waals surface area (Å²) in [6, 6.07) is 10.4. The van der Waals surface area contributed by atoms with Gasteiger partial charge >= 0.3 is 0 Å². The smallest absolute Gasteiger partial charge is 0.191 e. The molecule has 0 spiro atoms. The Labute approximate surface area is 145 Å². The number of nitrogens with one attached hydrogen (secondary N) is 2. The molecule has 0 aliphatic carbocycles. The normalized spacial score (nSPS) is 10.6. The summed E-state index contributed by atoms with van der Waals surface area (Å²) in [4.78, 5) is 4.11. The molecule has 0 heterocycles. The number of ether oxygens (including phenoxy) is 1. The van der Waals surface area contributed by atoms with Crippen LogP contribution in [0.4, 0.5) is 0 Å². The van der Waals surface area contributed by atoms with Crippen LogP contribution in [-0.2, 0) is 11.2 Å². The lowest BCUT2D eigenvalue weighted by Crippen LogP contribution is -2.38. The van der Waals surface area contributed by atoms with Crippen molar-refractivity contribution in [2.75, 3.05) is 33.4 Å². The van der Waals surface area contributed by atoms with E-state index in [1.807, 2.05) is 6.07 Å². The van der Waals surface area contributed by atoms with Gasteiger partial charge in [0, 0.05) is 26.7 Å². The van der Waals surface area contributed by atoms with Crippen molar-refractivity contribution in [3.8, 4) is 0 Å². The number of guanidine groups is 1. The van der Waals surface area contributed by atoms with Crippen LogP contribution in [0.3, 0.4) is 0 Å². The van der Waals surface area contributed by atoms with Crippen LogP contribution in [0.5, 0.6) is 0 Å². The molecule has 0 aromatic heterocycles. The fraction of sp³-hybridized carbons (Fsp3) is 0.438. The topological polar surface area (TPSA) is 45.7 Å². The van der Waals surface area contributed by atoms with Crippen molar-refractivity contribution < 1.29 is 4.74 Å². The molecule has 118 valence electrons.